The molecule has 5 nitrogen and oxygen atoms in total. The van der Waals surface area contributed by atoms with Gasteiger partial charge >= 0.3 is 6.09 Å². The fourth-order valence-electron chi connectivity index (χ4n) is 2.55. The molecule has 0 spiro atoms. The monoisotopic (exact) mass is 403 g/mol. The molecule has 3 atom stereocenters. The molecule has 1 fully saturated rings. The molecule has 1 aromatic rings. The molecule has 126 valence electrons. The number of benzene rings is 1. The van der Waals surface area contributed by atoms with Crippen LogP contribution in [0.25, 0.3) is 0 Å². The average molecular weight is 405 g/mol. The number of cyclic esters (lactones) is 1. The summed E-state index contributed by atoms with van der Waals surface area (Å²) in [6.07, 6.45) is -1.23. The molecule has 0 radical (unpaired) electrons. The molecule has 1 aromatic carbocycles. The number of nitrogens with zero attached hydrogens (tertiary/aromatic N) is 1. The summed E-state index contributed by atoms with van der Waals surface area (Å²) in [6.45, 7) is 4.10. The third-order valence-electron chi connectivity index (χ3n) is 3.88. The Morgan fingerprint density at radius 2 is 2.09 bits per heavy atom. The fourth-order valence-corrected chi connectivity index (χ4v) is 3.52. The number of alkyl halides is 1. The summed E-state index contributed by atoms with van der Waals surface area (Å²) in [5.74, 6) is -0.288. The molecule has 0 aromatic heterocycles. The second kappa shape index (κ2) is 7.64. The van der Waals surface area contributed by atoms with E-state index < -0.39 is 22.9 Å². The van der Waals surface area contributed by atoms with Gasteiger partial charge in [0.15, 0.2) is 0 Å². The highest BCUT2D eigenvalue weighted by molar-refractivity contribution is 9.10. The van der Waals surface area contributed by atoms with Crippen LogP contribution in [-0.4, -0.2) is 41.5 Å². The van der Waals surface area contributed by atoms with E-state index in [4.69, 9.17) is 21.1 Å². The van der Waals surface area contributed by atoms with E-state index >= 15 is 0 Å². The van der Waals surface area contributed by atoms with Crippen LogP contribution in [0, 0.1) is 5.92 Å². The number of hydrogen-bond donors (Lipinski definition) is 0. The maximum Gasteiger partial charge on any atom is 0.417 e. The molecule has 23 heavy (non-hydrogen) atoms. The number of amides is 2. The van der Waals surface area contributed by atoms with Crippen LogP contribution in [0.15, 0.2) is 24.3 Å². The third-order valence-corrected chi connectivity index (χ3v) is 5.10. The van der Waals surface area contributed by atoms with Crippen molar-refractivity contribution in [3.8, 4) is 0 Å². The van der Waals surface area contributed by atoms with Crippen molar-refractivity contribution < 1.29 is 19.1 Å². The number of imide groups is 1. The standard InChI is InChI=1S/C16H19BrClNO4/c1-9(2)12-8-23-16(21)19(12)15(20)13(17)14(22-3)10-6-4-5-7-11(10)18/h4-7,9,12-14H,8H2,1-3H3/t12-,13-,14-/m1/s1. The number of methoxy groups -OCH3 is 1. The van der Waals surface area contributed by atoms with E-state index in [0.717, 1.165) is 0 Å². The van der Waals surface area contributed by atoms with E-state index in [2.05, 4.69) is 15.9 Å². The normalized spacial score (nSPS) is 20.5. The van der Waals surface area contributed by atoms with Crippen LogP contribution in [0.3, 0.4) is 0 Å². The summed E-state index contributed by atoms with van der Waals surface area (Å²) < 4.78 is 10.5. The molecule has 0 N–H and O–H groups in total. The molecule has 0 saturated carbocycles. The molecule has 1 aliphatic heterocycles. The Morgan fingerprint density at radius 1 is 1.43 bits per heavy atom. The first-order valence-electron chi connectivity index (χ1n) is 7.29. The van der Waals surface area contributed by atoms with Crippen molar-refractivity contribution in [2.24, 2.45) is 5.92 Å². The molecule has 2 amide bonds. The fraction of sp³-hybridized carbons (Fsp3) is 0.500. The van der Waals surface area contributed by atoms with Gasteiger partial charge in [0, 0.05) is 17.7 Å². The summed E-state index contributed by atoms with van der Waals surface area (Å²) in [6, 6.07) is 6.86. The average Bonchev–Trinajstić information content (AvgIpc) is 2.91. The second-order valence-electron chi connectivity index (χ2n) is 5.68. The lowest BCUT2D eigenvalue weighted by molar-refractivity contribution is -0.131. The first kappa shape index (κ1) is 18.2. The predicted molar refractivity (Wildman–Crippen MR) is 90.7 cm³/mol. The Bertz CT molecular complexity index is 595. The maximum atomic E-state index is 12.8. The zero-order valence-electron chi connectivity index (χ0n) is 13.2. The summed E-state index contributed by atoms with van der Waals surface area (Å²) in [4.78, 5) is 25.2. The van der Waals surface area contributed by atoms with Crippen LogP contribution in [0.5, 0.6) is 0 Å². The largest absolute Gasteiger partial charge is 0.447 e. The lowest BCUT2D eigenvalue weighted by Crippen LogP contribution is -2.46. The molecule has 2 rings (SSSR count). The van der Waals surface area contributed by atoms with Crippen molar-refractivity contribution in [3.63, 3.8) is 0 Å². The van der Waals surface area contributed by atoms with Crippen LogP contribution in [0.2, 0.25) is 5.02 Å². The highest BCUT2D eigenvalue weighted by Crippen LogP contribution is 2.33. The van der Waals surface area contributed by atoms with Crippen molar-refractivity contribution in [1.82, 2.24) is 4.90 Å². The zero-order chi connectivity index (χ0) is 17.1. The van der Waals surface area contributed by atoms with Crippen LogP contribution in [-0.2, 0) is 14.3 Å². The second-order valence-corrected chi connectivity index (χ2v) is 7.07. The number of halogens is 2. The van der Waals surface area contributed by atoms with Crippen molar-refractivity contribution in [1.29, 1.82) is 0 Å². The molecule has 7 heteroatoms. The van der Waals surface area contributed by atoms with Crippen molar-refractivity contribution >= 4 is 39.5 Å². The minimum Gasteiger partial charge on any atom is -0.447 e. The molecule has 1 aliphatic rings. The highest BCUT2D eigenvalue weighted by atomic mass is 79.9. The van der Waals surface area contributed by atoms with Crippen molar-refractivity contribution in [2.45, 2.75) is 30.8 Å². The molecule has 1 saturated heterocycles. The van der Waals surface area contributed by atoms with Crippen LogP contribution in [0.1, 0.15) is 25.5 Å². The Labute approximate surface area is 149 Å². The van der Waals surface area contributed by atoms with Crippen molar-refractivity contribution in [3.05, 3.63) is 34.9 Å². The van der Waals surface area contributed by atoms with Crippen LogP contribution in [0.4, 0.5) is 4.79 Å². The molecular formula is C16H19BrClNO4. The van der Waals surface area contributed by atoms with Gasteiger partial charge in [-0.25, -0.2) is 9.69 Å². The van der Waals surface area contributed by atoms with Gasteiger partial charge < -0.3 is 9.47 Å². The van der Waals surface area contributed by atoms with E-state index in [9.17, 15) is 9.59 Å². The first-order valence-corrected chi connectivity index (χ1v) is 8.59. The van der Waals surface area contributed by atoms with Crippen LogP contribution >= 0.6 is 27.5 Å². The number of ether oxygens (including phenoxy) is 2. The lowest BCUT2D eigenvalue weighted by Gasteiger charge is -2.28. The van der Waals surface area contributed by atoms with Crippen LogP contribution < -0.4 is 0 Å². The Balaban J connectivity index is 2.27. The van der Waals surface area contributed by atoms with Gasteiger partial charge in [0.1, 0.15) is 17.5 Å². The summed E-state index contributed by atoms with van der Waals surface area (Å²) in [5, 5.41) is 0.501. The Hall–Kier alpha value is -1.11. The SMILES string of the molecule is CO[C@H](c1ccccc1Cl)[C@@H](Br)C(=O)N1C(=O)OC[C@@H]1C(C)C. The van der Waals surface area contributed by atoms with Gasteiger partial charge in [-0.1, -0.05) is 59.6 Å². The lowest BCUT2D eigenvalue weighted by atomic mass is 10.0. The summed E-state index contributed by atoms with van der Waals surface area (Å²) >= 11 is 9.57. The molecule has 1 heterocycles. The van der Waals surface area contributed by atoms with Gasteiger partial charge in [0.05, 0.1) is 6.04 Å². The maximum absolute atomic E-state index is 12.8. The van der Waals surface area contributed by atoms with Gasteiger partial charge in [-0.3, -0.25) is 4.79 Å². The van der Waals surface area contributed by atoms with Gasteiger partial charge in [-0.05, 0) is 12.0 Å². The Kier molecular flexibility index (Phi) is 6.06. The van der Waals surface area contributed by atoms with E-state index in [1.54, 1.807) is 18.2 Å². The van der Waals surface area contributed by atoms with Crippen molar-refractivity contribution in [2.75, 3.05) is 13.7 Å². The third kappa shape index (κ3) is 3.70. The highest BCUT2D eigenvalue weighted by Gasteiger charge is 2.44. The molecule has 0 unspecified atom stereocenters. The van der Waals surface area contributed by atoms with E-state index in [1.807, 2.05) is 19.9 Å². The van der Waals surface area contributed by atoms with E-state index in [-0.39, 0.29) is 18.6 Å². The predicted octanol–water partition coefficient (Wildman–Crippen LogP) is 3.79. The number of hydrogen-bond acceptors (Lipinski definition) is 4. The van der Waals surface area contributed by atoms with Gasteiger partial charge in [0.2, 0.25) is 5.91 Å². The molecular weight excluding hydrogens is 386 g/mol. The van der Waals surface area contributed by atoms with E-state index in [0.29, 0.717) is 10.6 Å². The summed E-state index contributed by atoms with van der Waals surface area (Å²) in [7, 11) is 1.50. The molecule has 0 bridgehead atoms. The quantitative estimate of drug-likeness (QED) is 0.701. The number of carbonyl (C=O) groups is 2. The van der Waals surface area contributed by atoms with Gasteiger partial charge in [-0.2, -0.15) is 0 Å². The minimum atomic E-state index is -0.751. The minimum absolute atomic E-state index is 0.103. The first-order chi connectivity index (χ1) is 10.9. The van der Waals surface area contributed by atoms with Gasteiger partial charge in [-0.15, -0.1) is 0 Å². The summed E-state index contributed by atoms with van der Waals surface area (Å²) in [5.41, 5.74) is 0.681. The molecule has 0 aliphatic carbocycles. The Morgan fingerprint density at radius 3 is 2.65 bits per heavy atom. The van der Waals surface area contributed by atoms with E-state index in [1.165, 1.54) is 12.0 Å². The smallest absolute Gasteiger partial charge is 0.417 e. The topological polar surface area (TPSA) is 55.8 Å². The zero-order valence-corrected chi connectivity index (χ0v) is 15.5. The number of rotatable bonds is 5. The number of carbonyl (C=O) groups excluding carboxylic acids is 2. The van der Waals surface area contributed by atoms with Gasteiger partial charge in [0.25, 0.3) is 0 Å².